The molecule has 1 N–H and O–H groups in total. The lowest BCUT2D eigenvalue weighted by molar-refractivity contribution is -0.118. The molecule has 31 heavy (non-hydrogen) atoms. The number of nitrogens with zero attached hydrogens (tertiary/aromatic N) is 3. The van der Waals surface area contributed by atoms with Crippen LogP contribution >= 0.6 is 11.8 Å². The van der Waals surface area contributed by atoms with Gasteiger partial charge >= 0.3 is 0 Å². The number of nitrogens with one attached hydrogen (secondary N) is 1. The average molecular weight is 431 g/mol. The highest BCUT2D eigenvalue weighted by Gasteiger charge is 2.16. The molecule has 1 heterocycles. The fourth-order valence-electron chi connectivity index (χ4n) is 2.97. The molecule has 0 atom stereocenters. The molecular weight excluding hydrogens is 408 g/mol. The Morgan fingerprint density at radius 2 is 1.52 bits per heavy atom. The second-order valence-corrected chi connectivity index (χ2v) is 7.66. The van der Waals surface area contributed by atoms with Crippen LogP contribution in [-0.2, 0) is 17.9 Å². The number of aromatic nitrogens is 3. The van der Waals surface area contributed by atoms with Crippen molar-refractivity contribution in [3.8, 4) is 11.4 Å². The van der Waals surface area contributed by atoms with Crippen molar-refractivity contribution in [2.45, 2.75) is 18.3 Å². The highest BCUT2D eigenvalue weighted by Crippen LogP contribution is 2.23. The third kappa shape index (κ3) is 5.73. The van der Waals surface area contributed by atoms with Crippen LogP contribution in [0.15, 0.2) is 96.2 Å². The van der Waals surface area contributed by atoms with Crippen molar-refractivity contribution in [2.75, 3.05) is 5.75 Å². The summed E-state index contributed by atoms with van der Waals surface area (Å²) in [6, 6.07) is 29.3. The maximum atomic E-state index is 12.3. The largest absolute Gasteiger partial charge is 0.486 e. The first kappa shape index (κ1) is 20.7. The number of carbonyl (C=O) groups excluding carboxylic acids is 1. The molecule has 0 aliphatic rings. The third-order valence-corrected chi connectivity index (χ3v) is 5.42. The Balaban J connectivity index is 1.44. The van der Waals surface area contributed by atoms with E-state index in [1.165, 1.54) is 11.8 Å². The zero-order valence-corrected chi connectivity index (χ0v) is 17.7. The van der Waals surface area contributed by atoms with E-state index in [4.69, 9.17) is 4.74 Å². The van der Waals surface area contributed by atoms with E-state index >= 15 is 0 Å². The number of hydrogen-bond acceptors (Lipinski definition) is 5. The van der Waals surface area contributed by atoms with Gasteiger partial charge in [0, 0.05) is 12.2 Å². The maximum absolute atomic E-state index is 12.3. The molecule has 6 nitrogen and oxygen atoms in total. The molecule has 7 heteroatoms. The second-order valence-electron chi connectivity index (χ2n) is 6.72. The lowest BCUT2D eigenvalue weighted by Gasteiger charge is -2.11. The van der Waals surface area contributed by atoms with Gasteiger partial charge in [-0.05, 0) is 29.8 Å². The van der Waals surface area contributed by atoms with Crippen LogP contribution in [0.5, 0.6) is 5.75 Å². The monoisotopic (exact) mass is 430 g/mol. The molecule has 156 valence electrons. The molecular formula is C24H22N4O2S. The molecule has 4 aromatic rings. The normalized spacial score (nSPS) is 10.6. The molecule has 0 fully saturated rings. The van der Waals surface area contributed by atoms with Crippen LogP contribution in [-0.4, -0.2) is 26.4 Å². The van der Waals surface area contributed by atoms with Crippen LogP contribution < -0.4 is 10.1 Å². The van der Waals surface area contributed by atoms with Gasteiger partial charge in [0.1, 0.15) is 12.4 Å². The Bertz CT molecular complexity index is 1100. The minimum absolute atomic E-state index is 0.0569. The van der Waals surface area contributed by atoms with E-state index in [0.717, 1.165) is 17.0 Å². The number of para-hydroxylation sites is 2. The Morgan fingerprint density at radius 1 is 0.871 bits per heavy atom. The first-order valence-corrected chi connectivity index (χ1v) is 10.9. The minimum Gasteiger partial charge on any atom is -0.486 e. The minimum atomic E-state index is -0.0569. The molecule has 0 aliphatic heterocycles. The van der Waals surface area contributed by atoms with Gasteiger partial charge in [-0.2, -0.15) is 0 Å². The summed E-state index contributed by atoms with van der Waals surface area (Å²) in [7, 11) is 0. The highest BCUT2D eigenvalue weighted by atomic mass is 32.2. The van der Waals surface area contributed by atoms with Crippen molar-refractivity contribution in [1.29, 1.82) is 0 Å². The summed E-state index contributed by atoms with van der Waals surface area (Å²) in [5.74, 6) is 1.62. The van der Waals surface area contributed by atoms with Crippen molar-refractivity contribution in [1.82, 2.24) is 20.1 Å². The van der Waals surface area contributed by atoms with Gasteiger partial charge in [0.2, 0.25) is 5.91 Å². The first-order valence-electron chi connectivity index (χ1n) is 9.90. The second kappa shape index (κ2) is 10.4. The summed E-state index contributed by atoms with van der Waals surface area (Å²) < 4.78 is 7.80. The van der Waals surface area contributed by atoms with Gasteiger partial charge in [0.15, 0.2) is 11.0 Å². The number of amides is 1. The number of carbonyl (C=O) groups is 1. The Labute approximate surface area is 185 Å². The first-order chi connectivity index (χ1) is 15.3. The summed E-state index contributed by atoms with van der Waals surface area (Å²) in [6.07, 6.45) is 0. The van der Waals surface area contributed by atoms with Crippen LogP contribution in [0.1, 0.15) is 11.4 Å². The molecule has 0 saturated carbocycles. The molecule has 3 aromatic carbocycles. The van der Waals surface area contributed by atoms with Gasteiger partial charge < -0.3 is 10.1 Å². The summed E-state index contributed by atoms with van der Waals surface area (Å²) >= 11 is 1.35. The summed E-state index contributed by atoms with van der Waals surface area (Å²) in [4.78, 5) is 12.3. The van der Waals surface area contributed by atoms with Crippen molar-refractivity contribution in [2.24, 2.45) is 0 Å². The Kier molecular flexibility index (Phi) is 6.97. The summed E-state index contributed by atoms with van der Waals surface area (Å²) in [5, 5.41) is 12.2. The zero-order chi connectivity index (χ0) is 21.3. The fourth-order valence-corrected chi connectivity index (χ4v) is 3.77. The van der Waals surface area contributed by atoms with Gasteiger partial charge in [-0.25, -0.2) is 0 Å². The Morgan fingerprint density at radius 3 is 2.23 bits per heavy atom. The molecule has 1 amide bonds. The van der Waals surface area contributed by atoms with Crippen molar-refractivity contribution in [3.05, 3.63) is 102 Å². The van der Waals surface area contributed by atoms with Crippen molar-refractivity contribution >= 4 is 17.7 Å². The molecule has 0 saturated heterocycles. The van der Waals surface area contributed by atoms with E-state index in [-0.39, 0.29) is 18.3 Å². The third-order valence-electron chi connectivity index (χ3n) is 4.49. The van der Waals surface area contributed by atoms with Crippen molar-refractivity contribution < 1.29 is 9.53 Å². The van der Waals surface area contributed by atoms with Crippen LogP contribution in [0.2, 0.25) is 0 Å². The zero-order valence-electron chi connectivity index (χ0n) is 16.8. The van der Waals surface area contributed by atoms with Gasteiger partial charge in [0.25, 0.3) is 0 Å². The molecule has 1 aromatic heterocycles. The van der Waals surface area contributed by atoms with E-state index < -0.39 is 0 Å². The van der Waals surface area contributed by atoms with Gasteiger partial charge in [-0.15, -0.1) is 10.2 Å². The van der Waals surface area contributed by atoms with E-state index in [0.29, 0.717) is 17.5 Å². The summed E-state index contributed by atoms with van der Waals surface area (Å²) in [5.41, 5.74) is 1.99. The number of thioether (sulfide) groups is 1. The molecule has 0 spiro atoms. The van der Waals surface area contributed by atoms with E-state index in [1.54, 1.807) is 0 Å². The van der Waals surface area contributed by atoms with Gasteiger partial charge in [0.05, 0.1) is 5.75 Å². The number of rotatable bonds is 9. The van der Waals surface area contributed by atoms with E-state index in [1.807, 2.05) is 95.6 Å². The standard InChI is InChI=1S/C24H22N4O2S/c29-23(25-16-19-10-4-1-5-11-19)18-31-24-27-26-22(17-30-21-14-8-3-9-15-21)28(24)20-12-6-2-7-13-20/h1-15H,16-18H2,(H,25,29). The SMILES string of the molecule is O=C(CSc1nnc(COc2ccccc2)n1-c1ccccc1)NCc1ccccc1. The molecule has 0 bridgehead atoms. The van der Waals surface area contributed by atoms with E-state index in [2.05, 4.69) is 15.5 Å². The fraction of sp³-hybridized carbons (Fsp3) is 0.125. The van der Waals surface area contributed by atoms with Crippen LogP contribution in [0.4, 0.5) is 0 Å². The number of benzene rings is 3. The molecule has 0 aliphatic carbocycles. The smallest absolute Gasteiger partial charge is 0.230 e. The van der Waals surface area contributed by atoms with Crippen LogP contribution in [0.3, 0.4) is 0 Å². The summed E-state index contributed by atoms with van der Waals surface area (Å²) in [6.45, 7) is 0.772. The van der Waals surface area contributed by atoms with Gasteiger partial charge in [-0.1, -0.05) is 78.5 Å². The number of hydrogen-bond donors (Lipinski definition) is 1. The molecule has 4 rings (SSSR count). The lowest BCUT2D eigenvalue weighted by Crippen LogP contribution is -2.24. The van der Waals surface area contributed by atoms with Gasteiger partial charge in [-0.3, -0.25) is 9.36 Å². The highest BCUT2D eigenvalue weighted by molar-refractivity contribution is 7.99. The van der Waals surface area contributed by atoms with Crippen LogP contribution in [0.25, 0.3) is 5.69 Å². The molecule has 0 radical (unpaired) electrons. The Hall–Kier alpha value is -3.58. The lowest BCUT2D eigenvalue weighted by atomic mass is 10.2. The molecule has 0 unspecified atom stereocenters. The number of ether oxygens (including phenoxy) is 1. The predicted octanol–water partition coefficient (Wildman–Crippen LogP) is 4.25. The maximum Gasteiger partial charge on any atom is 0.230 e. The average Bonchev–Trinajstić information content (AvgIpc) is 3.25. The topological polar surface area (TPSA) is 69.0 Å². The van der Waals surface area contributed by atoms with Crippen molar-refractivity contribution in [3.63, 3.8) is 0 Å². The quantitative estimate of drug-likeness (QED) is 0.402. The van der Waals surface area contributed by atoms with E-state index in [9.17, 15) is 4.79 Å². The van der Waals surface area contributed by atoms with Crippen LogP contribution in [0, 0.1) is 0 Å². The predicted molar refractivity (Wildman–Crippen MR) is 121 cm³/mol.